The Labute approximate surface area is 153 Å². The van der Waals surface area contributed by atoms with Gasteiger partial charge in [0.1, 0.15) is 0 Å². The third kappa shape index (κ3) is 4.23. The van der Waals surface area contributed by atoms with Gasteiger partial charge in [0, 0.05) is 12.1 Å². The van der Waals surface area contributed by atoms with Crippen LogP contribution in [0.4, 0.5) is 5.69 Å². The summed E-state index contributed by atoms with van der Waals surface area (Å²) in [6.07, 6.45) is 2.65. The van der Waals surface area contributed by atoms with Gasteiger partial charge in [-0.2, -0.15) is 9.52 Å². The largest absolute Gasteiger partial charge is 0.284 e. The van der Waals surface area contributed by atoms with Gasteiger partial charge in [0.05, 0.1) is 24.3 Å². The third-order valence-corrected chi connectivity index (χ3v) is 5.54. The van der Waals surface area contributed by atoms with Gasteiger partial charge in [0.15, 0.2) is 0 Å². The molecule has 0 bridgehead atoms. The summed E-state index contributed by atoms with van der Waals surface area (Å²) in [5, 5.41) is 4.31. The van der Waals surface area contributed by atoms with Gasteiger partial charge in [-0.05, 0) is 23.3 Å². The number of nitrogens with zero attached hydrogens (tertiary/aromatic N) is 2. The molecule has 1 aliphatic rings. The van der Waals surface area contributed by atoms with Crippen LogP contribution in [0.3, 0.4) is 0 Å². The van der Waals surface area contributed by atoms with Gasteiger partial charge in [-0.15, -0.1) is 0 Å². The van der Waals surface area contributed by atoms with Crippen LogP contribution in [0.25, 0.3) is 0 Å². The van der Waals surface area contributed by atoms with Gasteiger partial charge in [-0.3, -0.25) is 4.72 Å². The molecule has 3 rings (SSSR count). The first kappa shape index (κ1) is 18.4. The molecule has 1 heterocycles. The molecule has 1 aliphatic heterocycles. The highest BCUT2D eigenvalue weighted by molar-refractivity contribution is 7.92. The molecule has 0 fully saturated rings. The van der Waals surface area contributed by atoms with Crippen LogP contribution in [0, 0.1) is 0 Å². The average Bonchev–Trinajstić information content (AvgIpc) is 3.00. The molecule has 0 radical (unpaired) electrons. The molecule has 138 valence electrons. The predicted octanol–water partition coefficient (Wildman–Crippen LogP) is 2.17. The summed E-state index contributed by atoms with van der Waals surface area (Å²) >= 11 is 0. The van der Waals surface area contributed by atoms with E-state index in [4.69, 9.17) is 0 Å². The molecule has 0 unspecified atom stereocenters. The molecule has 1 atom stereocenters. The van der Waals surface area contributed by atoms with Crippen molar-refractivity contribution in [2.75, 3.05) is 17.2 Å². The monoisotopic (exact) mass is 393 g/mol. The Morgan fingerprint density at radius 2 is 1.58 bits per heavy atom. The molecular formula is C17H19N3O4S2. The highest BCUT2D eigenvalue weighted by Crippen LogP contribution is 2.34. The van der Waals surface area contributed by atoms with Crippen LogP contribution in [-0.2, 0) is 20.0 Å². The van der Waals surface area contributed by atoms with Crippen molar-refractivity contribution in [1.29, 1.82) is 0 Å². The summed E-state index contributed by atoms with van der Waals surface area (Å²) in [4.78, 5) is 0. The lowest BCUT2D eigenvalue weighted by Gasteiger charge is -2.21. The third-order valence-electron chi connectivity index (χ3n) is 3.92. The summed E-state index contributed by atoms with van der Waals surface area (Å²) in [5.41, 5.74) is 2.69. The zero-order valence-corrected chi connectivity index (χ0v) is 16.0. The van der Waals surface area contributed by atoms with Gasteiger partial charge >= 0.3 is 0 Å². The van der Waals surface area contributed by atoms with Crippen molar-refractivity contribution in [2.45, 2.75) is 12.5 Å². The second-order valence-corrected chi connectivity index (χ2v) is 9.75. The highest BCUT2D eigenvalue weighted by Gasteiger charge is 2.34. The number of hydrogen-bond acceptors (Lipinski definition) is 5. The molecule has 0 aliphatic carbocycles. The summed E-state index contributed by atoms with van der Waals surface area (Å²) < 4.78 is 50.4. The van der Waals surface area contributed by atoms with Crippen LogP contribution in [0.5, 0.6) is 0 Å². The molecule has 0 amide bonds. The van der Waals surface area contributed by atoms with Crippen LogP contribution in [0.15, 0.2) is 59.7 Å². The van der Waals surface area contributed by atoms with Crippen molar-refractivity contribution in [1.82, 2.24) is 4.41 Å². The van der Waals surface area contributed by atoms with Crippen molar-refractivity contribution >= 4 is 31.4 Å². The van der Waals surface area contributed by atoms with Crippen LogP contribution in [0.2, 0.25) is 0 Å². The molecule has 7 nitrogen and oxygen atoms in total. The van der Waals surface area contributed by atoms with E-state index in [0.717, 1.165) is 28.1 Å². The van der Waals surface area contributed by atoms with Gasteiger partial charge in [0.2, 0.25) is 20.0 Å². The summed E-state index contributed by atoms with van der Waals surface area (Å²) in [7, 11) is -6.87. The van der Waals surface area contributed by atoms with E-state index in [1.165, 1.54) is 0 Å². The molecular weight excluding hydrogens is 374 g/mol. The smallest absolute Gasteiger partial charge is 0.247 e. The topological polar surface area (TPSA) is 95.9 Å². The number of sulfonamides is 2. The fourth-order valence-corrected chi connectivity index (χ4v) is 4.31. The van der Waals surface area contributed by atoms with E-state index < -0.39 is 26.1 Å². The van der Waals surface area contributed by atoms with E-state index >= 15 is 0 Å². The zero-order chi connectivity index (χ0) is 18.9. The minimum atomic E-state index is -3.52. The number of nitrogens with one attached hydrogen (secondary N) is 1. The molecule has 0 spiro atoms. The lowest BCUT2D eigenvalue weighted by molar-refractivity contribution is 0.375. The minimum absolute atomic E-state index is 0.393. The van der Waals surface area contributed by atoms with Gasteiger partial charge in [0.25, 0.3) is 0 Å². The van der Waals surface area contributed by atoms with Crippen molar-refractivity contribution < 1.29 is 16.8 Å². The first-order chi connectivity index (χ1) is 12.1. The van der Waals surface area contributed by atoms with Crippen molar-refractivity contribution in [3.63, 3.8) is 0 Å². The fourth-order valence-electron chi connectivity index (χ4n) is 2.84. The first-order valence-electron chi connectivity index (χ1n) is 7.83. The Morgan fingerprint density at radius 3 is 2.12 bits per heavy atom. The quantitative estimate of drug-likeness (QED) is 0.842. The van der Waals surface area contributed by atoms with Gasteiger partial charge in [-0.1, -0.05) is 42.5 Å². The van der Waals surface area contributed by atoms with E-state index in [-0.39, 0.29) is 0 Å². The number of hydrazone groups is 1. The first-order valence-corrected chi connectivity index (χ1v) is 11.6. The van der Waals surface area contributed by atoms with Gasteiger partial charge in [-0.25, -0.2) is 16.8 Å². The molecule has 2 aromatic rings. The van der Waals surface area contributed by atoms with E-state index in [0.29, 0.717) is 17.8 Å². The second kappa shape index (κ2) is 6.73. The highest BCUT2D eigenvalue weighted by atomic mass is 32.2. The van der Waals surface area contributed by atoms with E-state index in [1.807, 2.05) is 30.3 Å². The Balaban J connectivity index is 1.91. The maximum absolute atomic E-state index is 12.1. The van der Waals surface area contributed by atoms with Crippen molar-refractivity contribution in [2.24, 2.45) is 5.10 Å². The lowest BCUT2D eigenvalue weighted by atomic mass is 9.99. The van der Waals surface area contributed by atoms with Crippen LogP contribution >= 0.6 is 0 Å². The number of benzene rings is 2. The lowest BCUT2D eigenvalue weighted by Crippen LogP contribution is -2.25. The standard InChI is InChI=1S/C17H19N3O4S2/c1-25(21,22)19-15-10-8-13(9-11-15)16-12-17(14-6-4-3-5-7-14)20(18-16)26(2,23)24/h3-11,17,19H,12H2,1-2H3/t17-/m1/s1. The molecule has 26 heavy (non-hydrogen) atoms. The Hall–Kier alpha value is -2.39. The van der Waals surface area contributed by atoms with Crippen LogP contribution < -0.4 is 4.72 Å². The maximum Gasteiger partial charge on any atom is 0.247 e. The summed E-state index contributed by atoms with van der Waals surface area (Å²) in [6.45, 7) is 0. The van der Waals surface area contributed by atoms with Crippen molar-refractivity contribution in [3.8, 4) is 0 Å². The summed E-state index contributed by atoms with van der Waals surface area (Å²) in [5.74, 6) is 0. The summed E-state index contributed by atoms with van der Waals surface area (Å²) in [6, 6.07) is 15.6. The second-order valence-electron chi connectivity index (χ2n) is 6.16. The molecule has 0 aromatic heterocycles. The zero-order valence-electron chi connectivity index (χ0n) is 14.3. The van der Waals surface area contributed by atoms with Crippen LogP contribution in [0.1, 0.15) is 23.6 Å². The predicted molar refractivity (Wildman–Crippen MR) is 102 cm³/mol. The number of rotatable bonds is 5. The van der Waals surface area contributed by atoms with E-state index in [9.17, 15) is 16.8 Å². The van der Waals surface area contributed by atoms with Crippen LogP contribution in [-0.4, -0.2) is 39.5 Å². The Bertz CT molecular complexity index is 1030. The average molecular weight is 393 g/mol. The Kier molecular flexibility index (Phi) is 4.76. The molecule has 0 saturated carbocycles. The number of hydrogen-bond donors (Lipinski definition) is 1. The maximum atomic E-state index is 12.1. The van der Waals surface area contributed by atoms with E-state index in [2.05, 4.69) is 9.82 Å². The molecule has 1 N–H and O–H groups in total. The number of anilines is 1. The minimum Gasteiger partial charge on any atom is -0.284 e. The normalized spacial score (nSPS) is 17.8. The molecule has 9 heteroatoms. The van der Waals surface area contributed by atoms with Gasteiger partial charge < -0.3 is 0 Å². The molecule has 2 aromatic carbocycles. The van der Waals surface area contributed by atoms with E-state index in [1.54, 1.807) is 24.3 Å². The SMILES string of the molecule is CS(=O)(=O)Nc1ccc(C2=NN(S(C)(=O)=O)[C@@H](c3ccccc3)C2)cc1. The Morgan fingerprint density at radius 1 is 0.962 bits per heavy atom. The van der Waals surface area contributed by atoms with Crippen molar-refractivity contribution in [3.05, 3.63) is 65.7 Å². The molecule has 0 saturated heterocycles. The fraction of sp³-hybridized carbons (Fsp3) is 0.235.